The molecule has 0 bridgehead atoms. The number of methoxy groups -OCH3 is 1. The second-order valence-electron chi connectivity index (χ2n) is 3.70. The molecular formula is C11H17NO3S. The zero-order valence-corrected chi connectivity index (χ0v) is 10.5. The third-order valence-corrected chi connectivity index (χ3v) is 3.04. The van der Waals surface area contributed by atoms with Gasteiger partial charge in [-0.3, -0.25) is 0 Å². The van der Waals surface area contributed by atoms with Gasteiger partial charge in [-0.1, -0.05) is 24.3 Å². The quantitative estimate of drug-likeness (QED) is 0.846. The maximum absolute atomic E-state index is 11.0. The largest absolute Gasteiger partial charge is 0.375 e. The third-order valence-electron chi connectivity index (χ3n) is 2.35. The highest BCUT2D eigenvalue weighted by Crippen LogP contribution is 2.19. The predicted molar refractivity (Wildman–Crippen MR) is 63.8 cm³/mol. The van der Waals surface area contributed by atoms with Crippen LogP contribution in [0, 0.1) is 6.92 Å². The van der Waals surface area contributed by atoms with Crippen LogP contribution in [0.1, 0.15) is 17.2 Å². The highest BCUT2D eigenvalue weighted by atomic mass is 32.2. The van der Waals surface area contributed by atoms with E-state index in [1.54, 1.807) is 7.11 Å². The van der Waals surface area contributed by atoms with Crippen molar-refractivity contribution in [2.45, 2.75) is 13.0 Å². The Kier molecular flexibility index (Phi) is 4.46. The molecule has 16 heavy (non-hydrogen) atoms. The summed E-state index contributed by atoms with van der Waals surface area (Å²) >= 11 is 0. The number of nitrogens with one attached hydrogen (secondary N) is 1. The van der Waals surface area contributed by atoms with Crippen molar-refractivity contribution in [1.82, 2.24) is 4.72 Å². The normalized spacial score (nSPS) is 13.7. The topological polar surface area (TPSA) is 55.4 Å². The van der Waals surface area contributed by atoms with E-state index < -0.39 is 10.0 Å². The molecule has 0 aromatic heterocycles. The molecule has 0 radical (unpaired) electrons. The van der Waals surface area contributed by atoms with Crippen LogP contribution in [0.5, 0.6) is 0 Å². The van der Waals surface area contributed by atoms with Crippen molar-refractivity contribution in [1.29, 1.82) is 0 Å². The molecule has 0 saturated carbocycles. The lowest BCUT2D eigenvalue weighted by Gasteiger charge is -2.17. The average Bonchev–Trinajstić information content (AvgIpc) is 2.20. The molecule has 1 atom stereocenters. The minimum Gasteiger partial charge on any atom is -0.375 e. The molecule has 0 aliphatic rings. The number of sulfonamides is 1. The van der Waals surface area contributed by atoms with E-state index in [2.05, 4.69) is 4.72 Å². The lowest BCUT2D eigenvalue weighted by molar-refractivity contribution is 0.107. The molecule has 5 heteroatoms. The molecule has 90 valence electrons. The summed E-state index contributed by atoms with van der Waals surface area (Å²) in [5.74, 6) is 0. The van der Waals surface area contributed by atoms with Crippen LogP contribution in [-0.4, -0.2) is 28.3 Å². The molecule has 0 aliphatic heterocycles. The van der Waals surface area contributed by atoms with Gasteiger partial charge in [-0.05, 0) is 18.1 Å². The van der Waals surface area contributed by atoms with Crippen molar-refractivity contribution in [2.75, 3.05) is 19.9 Å². The fourth-order valence-corrected chi connectivity index (χ4v) is 1.95. The van der Waals surface area contributed by atoms with Gasteiger partial charge in [-0.25, -0.2) is 13.1 Å². The van der Waals surface area contributed by atoms with Gasteiger partial charge in [0.2, 0.25) is 10.0 Å². The lowest BCUT2D eigenvalue weighted by Crippen LogP contribution is -2.28. The summed E-state index contributed by atoms with van der Waals surface area (Å²) in [4.78, 5) is 0. The Bertz CT molecular complexity index is 442. The number of rotatable bonds is 5. The van der Waals surface area contributed by atoms with Gasteiger partial charge in [0.15, 0.2) is 0 Å². The highest BCUT2D eigenvalue weighted by molar-refractivity contribution is 7.88. The first-order chi connectivity index (χ1) is 7.44. The second-order valence-corrected chi connectivity index (χ2v) is 5.53. The molecule has 0 heterocycles. The van der Waals surface area contributed by atoms with E-state index in [0.29, 0.717) is 0 Å². The lowest BCUT2D eigenvalue weighted by atomic mass is 10.0. The SMILES string of the molecule is CO[C@@H](CNS(C)(=O)=O)c1ccccc1C. The van der Waals surface area contributed by atoms with E-state index >= 15 is 0 Å². The standard InChI is InChI=1S/C11H17NO3S/c1-9-6-4-5-7-10(9)11(15-2)8-12-16(3,13)14/h4-7,11-12H,8H2,1-3H3/t11-/m0/s1. The Morgan fingerprint density at radius 2 is 2.00 bits per heavy atom. The third kappa shape index (κ3) is 3.92. The highest BCUT2D eigenvalue weighted by Gasteiger charge is 2.14. The molecule has 0 aliphatic carbocycles. The van der Waals surface area contributed by atoms with Crippen molar-refractivity contribution < 1.29 is 13.2 Å². The molecule has 1 N–H and O–H groups in total. The summed E-state index contributed by atoms with van der Waals surface area (Å²) in [6.07, 6.45) is 0.883. The fraction of sp³-hybridized carbons (Fsp3) is 0.455. The van der Waals surface area contributed by atoms with Crippen LogP contribution in [0.25, 0.3) is 0 Å². The number of benzene rings is 1. The van der Waals surface area contributed by atoms with Crippen LogP contribution < -0.4 is 4.72 Å². The summed E-state index contributed by atoms with van der Waals surface area (Å²) < 4.78 is 29.7. The van der Waals surface area contributed by atoms with Gasteiger partial charge < -0.3 is 4.74 Å². The Morgan fingerprint density at radius 3 is 2.50 bits per heavy atom. The van der Waals surface area contributed by atoms with Gasteiger partial charge in [0.05, 0.1) is 12.4 Å². The van der Waals surface area contributed by atoms with E-state index in [0.717, 1.165) is 17.4 Å². The molecule has 0 saturated heterocycles. The van der Waals surface area contributed by atoms with Crippen molar-refractivity contribution in [3.05, 3.63) is 35.4 Å². The zero-order valence-electron chi connectivity index (χ0n) is 9.73. The molecular weight excluding hydrogens is 226 g/mol. The summed E-state index contributed by atoms with van der Waals surface area (Å²) in [5.41, 5.74) is 2.09. The number of ether oxygens (including phenoxy) is 1. The number of hydrogen-bond donors (Lipinski definition) is 1. The predicted octanol–water partition coefficient (Wildman–Crippen LogP) is 1.23. The Morgan fingerprint density at radius 1 is 1.38 bits per heavy atom. The molecule has 4 nitrogen and oxygen atoms in total. The molecule has 0 amide bonds. The van der Waals surface area contributed by atoms with Crippen molar-refractivity contribution in [3.63, 3.8) is 0 Å². The van der Waals surface area contributed by atoms with Crippen LogP contribution in [0.15, 0.2) is 24.3 Å². The van der Waals surface area contributed by atoms with E-state index in [-0.39, 0.29) is 12.6 Å². The summed E-state index contributed by atoms with van der Waals surface area (Å²) in [7, 11) is -1.61. The summed E-state index contributed by atoms with van der Waals surface area (Å²) in [6.45, 7) is 2.22. The Balaban J connectivity index is 2.79. The molecule has 0 unspecified atom stereocenters. The molecule has 1 aromatic carbocycles. The van der Waals surface area contributed by atoms with Gasteiger partial charge in [0.25, 0.3) is 0 Å². The summed E-state index contributed by atoms with van der Waals surface area (Å²) in [5, 5.41) is 0. The van der Waals surface area contributed by atoms with Crippen molar-refractivity contribution in [3.8, 4) is 0 Å². The van der Waals surface area contributed by atoms with E-state index in [4.69, 9.17) is 4.74 Å². The van der Waals surface area contributed by atoms with E-state index in [1.807, 2.05) is 31.2 Å². The van der Waals surface area contributed by atoms with Crippen LogP contribution in [-0.2, 0) is 14.8 Å². The molecule has 0 fully saturated rings. The Hall–Kier alpha value is -0.910. The average molecular weight is 243 g/mol. The first kappa shape index (κ1) is 13.2. The van der Waals surface area contributed by atoms with Gasteiger partial charge in [0, 0.05) is 13.7 Å². The van der Waals surface area contributed by atoms with E-state index in [1.165, 1.54) is 0 Å². The molecule has 0 spiro atoms. The van der Waals surface area contributed by atoms with Gasteiger partial charge in [-0.15, -0.1) is 0 Å². The van der Waals surface area contributed by atoms with Crippen LogP contribution in [0.4, 0.5) is 0 Å². The maximum Gasteiger partial charge on any atom is 0.208 e. The van der Waals surface area contributed by atoms with Crippen molar-refractivity contribution in [2.24, 2.45) is 0 Å². The zero-order chi connectivity index (χ0) is 12.2. The maximum atomic E-state index is 11.0. The van der Waals surface area contributed by atoms with E-state index in [9.17, 15) is 8.42 Å². The molecule has 1 aromatic rings. The van der Waals surface area contributed by atoms with Crippen LogP contribution in [0.3, 0.4) is 0 Å². The van der Waals surface area contributed by atoms with Crippen LogP contribution >= 0.6 is 0 Å². The van der Waals surface area contributed by atoms with Gasteiger partial charge in [0.1, 0.15) is 0 Å². The van der Waals surface area contributed by atoms with Crippen LogP contribution in [0.2, 0.25) is 0 Å². The minimum absolute atomic E-state index is 0.250. The van der Waals surface area contributed by atoms with Gasteiger partial charge in [-0.2, -0.15) is 0 Å². The fourth-order valence-electron chi connectivity index (χ4n) is 1.50. The first-order valence-corrected chi connectivity index (χ1v) is 6.86. The summed E-state index contributed by atoms with van der Waals surface area (Å²) in [6, 6.07) is 7.76. The smallest absolute Gasteiger partial charge is 0.208 e. The second kappa shape index (κ2) is 5.43. The van der Waals surface area contributed by atoms with Gasteiger partial charge >= 0.3 is 0 Å². The number of aryl methyl sites for hydroxylation is 1. The Labute approximate surface area is 96.7 Å². The van der Waals surface area contributed by atoms with Crippen molar-refractivity contribution >= 4 is 10.0 Å². The minimum atomic E-state index is -3.18. The molecule has 1 rings (SSSR count). The first-order valence-electron chi connectivity index (χ1n) is 4.97. The monoisotopic (exact) mass is 243 g/mol. The number of hydrogen-bond acceptors (Lipinski definition) is 3.